The Morgan fingerprint density at radius 3 is 1.10 bits per heavy atom. The van der Waals surface area contributed by atoms with Crippen LogP contribution >= 0.6 is 11.7 Å². The van der Waals surface area contributed by atoms with Crippen LogP contribution in [0.25, 0.3) is 116 Å². The number of nitrogens with zero attached hydrogens (tertiary/aromatic N) is 3. The summed E-state index contributed by atoms with van der Waals surface area (Å²) in [4.78, 5) is 0. The lowest BCUT2D eigenvalue weighted by atomic mass is 9.91. The molecule has 0 saturated heterocycles. The van der Waals surface area contributed by atoms with E-state index < -0.39 is 0 Å². The molecule has 0 unspecified atom stereocenters. The standard InChI is InChI=1S/C56H37N3S.C2H6/c1-34-16-6-8-20-37(34)39-22-10-12-24-41(39)43-26-14-28-45-47-30-32-49-51-52-50(57(49)36-18-4-3-5-19-36)33-31-48-46-29-15-27-44(54(46)59(56(48)52)60-58(53(43)45)55(47)51)42-25-13-11-23-40(42)38-21-9-7-17-35(38)2;1-2/h3-33H,1-2H3;1-2H3. The second kappa shape index (κ2) is 14.1. The summed E-state index contributed by atoms with van der Waals surface area (Å²) in [5, 5.41) is 7.64. The first kappa shape index (κ1) is 36.5. The van der Waals surface area contributed by atoms with Crippen molar-refractivity contribution in [3.05, 3.63) is 199 Å². The average Bonchev–Trinajstić information content (AvgIpc) is 3.92. The highest BCUT2D eigenvalue weighted by Gasteiger charge is 2.27. The fourth-order valence-corrected chi connectivity index (χ4v) is 11.6. The Morgan fingerprint density at radius 2 is 0.661 bits per heavy atom. The molecule has 0 bridgehead atoms. The Kier molecular flexibility index (Phi) is 8.28. The first-order chi connectivity index (χ1) is 30.7. The Morgan fingerprint density at radius 1 is 0.306 bits per heavy atom. The topological polar surface area (TPSA) is 13.8 Å². The van der Waals surface area contributed by atoms with Gasteiger partial charge in [-0.2, -0.15) is 0 Å². The van der Waals surface area contributed by atoms with Crippen LogP contribution in [0.5, 0.6) is 0 Å². The van der Waals surface area contributed by atoms with Gasteiger partial charge in [-0.15, -0.1) is 0 Å². The zero-order chi connectivity index (χ0) is 41.6. The van der Waals surface area contributed by atoms with Crippen molar-refractivity contribution < 1.29 is 0 Å². The van der Waals surface area contributed by atoms with Crippen molar-refractivity contribution in [3.63, 3.8) is 0 Å². The molecule has 62 heavy (non-hydrogen) atoms. The lowest BCUT2D eigenvalue weighted by Gasteiger charge is -2.14. The van der Waals surface area contributed by atoms with Crippen LogP contribution in [0.3, 0.4) is 0 Å². The molecule has 296 valence electrons. The number of hydrogen-bond donors (Lipinski definition) is 0. The predicted octanol–water partition coefficient (Wildman–Crippen LogP) is 16.6. The Labute approximate surface area is 364 Å². The predicted molar refractivity (Wildman–Crippen MR) is 267 cm³/mol. The molecule has 0 aliphatic carbocycles. The monoisotopic (exact) mass is 813 g/mol. The van der Waals surface area contributed by atoms with Gasteiger partial charge in [-0.05, 0) is 82.6 Å². The molecule has 0 aliphatic rings. The van der Waals surface area contributed by atoms with E-state index in [1.54, 1.807) is 0 Å². The van der Waals surface area contributed by atoms with Crippen molar-refractivity contribution in [2.24, 2.45) is 0 Å². The second-order valence-corrected chi connectivity index (χ2v) is 17.1. The van der Waals surface area contributed by atoms with Gasteiger partial charge in [0.2, 0.25) is 0 Å². The van der Waals surface area contributed by atoms with Gasteiger partial charge in [-0.25, -0.2) is 7.58 Å². The quantitative estimate of drug-likeness (QED) is 0.164. The number of fused-ring (bicyclic) bond motifs is 6. The first-order valence-electron chi connectivity index (χ1n) is 21.7. The molecular formula is C58H43N3S. The van der Waals surface area contributed by atoms with E-state index in [0.717, 1.165) is 5.69 Å². The molecule has 4 heterocycles. The Balaban J connectivity index is 0.00000202. The van der Waals surface area contributed by atoms with Gasteiger partial charge in [0, 0.05) is 60.9 Å². The summed E-state index contributed by atoms with van der Waals surface area (Å²) in [6.45, 7) is 8.44. The molecule has 0 saturated carbocycles. The molecule has 0 atom stereocenters. The van der Waals surface area contributed by atoms with Crippen LogP contribution in [0.1, 0.15) is 25.0 Å². The van der Waals surface area contributed by atoms with E-state index in [1.807, 2.05) is 25.6 Å². The molecule has 13 aromatic rings. The Hall–Kier alpha value is -7.40. The zero-order valence-electron chi connectivity index (χ0n) is 35.1. The van der Waals surface area contributed by atoms with Crippen LogP contribution in [-0.4, -0.2) is 12.1 Å². The summed E-state index contributed by atoms with van der Waals surface area (Å²) in [6, 6.07) is 69.6. The minimum absolute atomic E-state index is 1.16. The van der Waals surface area contributed by atoms with Crippen LogP contribution in [0.2, 0.25) is 0 Å². The molecule has 4 aromatic heterocycles. The highest BCUT2D eigenvalue weighted by Crippen LogP contribution is 2.50. The SMILES string of the molecule is CC.Cc1ccccc1-c1ccccc1-c1cccc2c3ccc4c5c6c(ccc7c8cccc(-c9ccccc9-c9ccccc9C)c8n(sn(c12)c35)c76)n4-c1ccccc1. The van der Waals surface area contributed by atoms with Crippen molar-refractivity contribution in [2.75, 3.05) is 0 Å². The third-order valence-corrected chi connectivity index (χ3v) is 14.0. The van der Waals surface area contributed by atoms with Crippen LogP contribution < -0.4 is 0 Å². The molecule has 0 amide bonds. The van der Waals surface area contributed by atoms with Crippen molar-refractivity contribution in [2.45, 2.75) is 27.7 Å². The van der Waals surface area contributed by atoms with E-state index in [2.05, 4.69) is 214 Å². The van der Waals surface area contributed by atoms with Gasteiger partial charge < -0.3 is 4.57 Å². The van der Waals surface area contributed by atoms with Gasteiger partial charge in [-0.1, -0.05) is 178 Å². The van der Waals surface area contributed by atoms with Crippen LogP contribution in [0.15, 0.2) is 188 Å². The summed E-state index contributed by atoms with van der Waals surface area (Å²) >= 11 is 1.84. The maximum atomic E-state index is 2.58. The minimum Gasteiger partial charge on any atom is -0.309 e. The second-order valence-electron chi connectivity index (χ2n) is 16.2. The van der Waals surface area contributed by atoms with Gasteiger partial charge >= 0.3 is 0 Å². The van der Waals surface area contributed by atoms with Gasteiger partial charge in [-0.3, -0.25) is 0 Å². The summed E-state index contributed by atoms with van der Waals surface area (Å²) in [5.74, 6) is 0. The van der Waals surface area contributed by atoms with Gasteiger partial charge in [0.1, 0.15) is 0 Å². The number of para-hydroxylation sites is 3. The normalized spacial score (nSPS) is 11.9. The number of aryl methyl sites for hydroxylation is 2. The number of hydrogen-bond acceptors (Lipinski definition) is 1. The molecular weight excluding hydrogens is 771 g/mol. The molecule has 4 heteroatoms. The lowest BCUT2D eigenvalue weighted by Crippen LogP contribution is -1.93. The third-order valence-electron chi connectivity index (χ3n) is 13.0. The van der Waals surface area contributed by atoms with E-state index >= 15 is 0 Å². The summed E-state index contributed by atoms with van der Waals surface area (Å²) in [7, 11) is 0. The van der Waals surface area contributed by atoms with E-state index in [1.165, 1.54) is 121 Å². The zero-order valence-corrected chi connectivity index (χ0v) is 36.0. The molecule has 0 radical (unpaired) electrons. The lowest BCUT2D eigenvalue weighted by molar-refractivity contribution is 1.18. The highest BCUT2D eigenvalue weighted by atomic mass is 32.1. The van der Waals surface area contributed by atoms with E-state index in [0.29, 0.717) is 0 Å². The first-order valence-corrected chi connectivity index (χ1v) is 22.4. The number of benzene rings is 9. The molecule has 0 aliphatic heterocycles. The Bertz CT molecular complexity index is 3620. The van der Waals surface area contributed by atoms with E-state index in [-0.39, 0.29) is 0 Å². The summed E-state index contributed by atoms with van der Waals surface area (Å²) < 4.78 is 7.63. The molecule has 13 rings (SSSR count). The minimum atomic E-state index is 1.16. The smallest absolute Gasteiger partial charge is 0.0760 e. The largest absolute Gasteiger partial charge is 0.309 e. The van der Waals surface area contributed by atoms with Crippen LogP contribution in [0.4, 0.5) is 0 Å². The number of aromatic nitrogens is 3. The van der Waals surface area contributed by atoms with Crippen molar-refractivity contribution >= 4 is 77.1 Å². The fraction of sp³-hybridized carbons (Fsp3) is 0.0690. The maximum Gasteiger partial charge on any atom is 0.0760 e. The van der Waals surface area contributed by atoms with Gasteiger partial charge in [0.15, 0.2) is 0 Å². The van der Waals surface area contributed by atoms with Crippen molar-refractivity contribution in [1.29, 1.82) is 0 Å². The molecule has 0 N–H and O–H groups in total. The maximum absolute atomic E-state index is 2.58. The highest BCUT2D eigenvalue weighted by molar-refractivity contribution is 7.02. The average molecular weight is 814 g/mol. The van der Waals surface area contributed by atoms with E-state index in [9.17, 15) is 0 Å². The van der Waals surface area contributed by atoms with Gasteiger partial charge in [0.25, 0.3) is 0 Å². The molecule has 0 spiro atoms. The van der Waals surface area contributed by atoms with Crippen molar-refractivity contribution in [3.8, 4) is 50.2 Å². The van der Waals surface area contributed by atoms with Crippen LogP contribution in [-0.2, 0) is 0 Å². The summed E-state index contributed by atoms with van der Waals surface area (Å²) in [6.07, 6.45) is 0. The number of rotatable bonds is 5. The summed E-state index contributed by atoms with van der Waals surface area (Å²) in [5.41, 5.74) is 21.0. The van der Waals surface area contributed by atoms with Crippen molar-refractivity contribution in [1.82, 2.24) is 12.1 Å². The van der Waals surface area contributed by atoms with Crippen LogP contribution in [0, 0.1) is 13.8 Å². The third kappa shape index (κ3) is 5.05. The van der Waals surface area contributed by atoms with Gasteiger partial charge in [0.05, 0.1) is 33.1 Å². The fourth-order valence-electron chi connectivity index (χ4n) is 10.4. The molecule has 3 nitrogen and oxygen atoms in total. The molecule has 9 aromatic carbocycles. The molecule has 0 fully saturated rings. The van der Waals surface area contributed by atoms with E-state index in [4.69, 9.17) is 0 Å².